The molecule has 1 amide bonds. The van der Waals surface area contributed by atoms with Gasteiger partial charge in [-0.2, -0.15) is 4.98 Å². The highest BCUT2D eigenvalue weighted by atomic mass is 16.6. The monoisotopic (exact) mass is 344 g/mol. The van der Waals surface area contributed by atoms with Crippen LogP contribution in [0.4, 0.5) is 4.79 Å². The summed E-state index contributed by atoms with van der Waals surface area (Å²) in [7, 11) is 0. The van der Waals surface area contributed by atoms with Crippen LogP contribution in [0.15, 0.2) is 22.9 Å². The Hall–Kier alpha value is -2.44. The number of pyridine rings is 1. The summed E-state index contributed by atoms with van der Waals surface area (Å²) >= 11 is 0. The maximum atomic E-state index is 12.0. The van der Waals surface area contributed by atoms with Crippen molar-refractivity contribution in [1.82, 2.24) is 20.4 Å². The lowest BCUT2D eigenvalue weighted by molar-refractivity contribution is 0.0492. The molecule has 7 nitrogen and oxygen atoms in total. The molecule has 0 aliphatic heterocycles. The number of ether oxygens (including phenoxy) is 1. The Labute approximate surface area is 147 Å². The molecule has 0 spiro atoms. The van der Waals surface area contributed by atoms with Gasteiger partial charge in [0.2, 0.25) is 11.7 Å². The van der Waals surface area contributed by atoms with Gasteiger partial charge in [-0.05, 0) is 52.2 Å². The average molecular weight is 344 g/mol. The lowest BCUT2D eigenvalue weighted by Gasteiger charge is -2.21. The minimum atomic E-state index is -0.557. The third-order valence-electron chi connectivity index (χ3n) is 3.87. The fraction of sp³-hybridized carbons (Fsp3) is 0.556. The van der Waals surface area contributed by atoms with Crippen LogP contribution in [-0.4, -0.2) is 26.8 Å². The molecule has 25 heavy (non-hydrogen) atoms. The lowest BCUT2D eigenvalue weighted by Crippen LogP contribution is -2.34. The van der Waals surface area contributed by atoms with Gasteiger partial charge in [0.1, 0.15) is 11.6 Å². The van der Waals surface area contributed by atoms with Crippen molar-refractivity contribution in [2.45, 2.75) is 64.5 Å². The van der Waals surface area contributed by atoms with Crippen molar-refractivity contribution in [3.05, 3.63) is 29.9 Å². The van der Waals surface area contributed by atoms with Crippen molar-refractivity contribution in [2.75, 3.05) is 0 Å². The standard InChI is InChI=1S/C18H24N4O3/c1-5-13(20-17(23)24-18(2,3)4)16-21-15(22-25-16)12-8-9-19-14(10-12)11-6-7-11/h8-11,13H,5-7H2,1-4H3,(H,20,23)/t13-/m1/s1. The van der Waals surface area contributed by atoms with Gasteiger partial charge in [-0.1, -0.05) is 12.1 Å². The van der Waals surface area contributed by atoms with Crippen molar-refractivity contribution in [3.63, 3.8) is 0 Å². The highest BCUT2D eigenvalue weighted by molar-refractivity contribution is 5.68. The molecule has 2 heterocycles. The Morgan fingerprint density at radius 1 is 1.44 bits per heavy atom. The Morgan fingerprint density at radius 3 is 2.84 bits per heavy atom. The molecule has 0 bridgehead atoms. The highest BCUT2D eigenvalue weighted by Crippen LogP contribution is 2.39. The number of rotatable bonds is 5. The molecule has 0 radical (unpaired) electrons. The molecule has 1 N–H and O–H groups in total. The summed E-state index contributed by atoms with van der Waals surface area (Å²) in [5.74, 6) is 1.43. The van der Waals surface area contributed by atoms with E-state index in [1.165, 1.54) is 12.8 Å². The molecule has 3 rings (SSSR count). The summed E-state index contributed by atoms with van der Waals surface area (Å²) in [5.41, 5.74) is 1.39. The van der Waals surface area contributed by atoms with Crippen LogP contribution in [0, 0.1) is 0 Å². The predicted molar refractivity (Wildman–Crippen MR) is 91.9 cm³/mol. The number of hydrogen-bond donors (Lipinski definition) is 1. The molecular formula is C18H24N4O3. The predicted octanol–water partition coefficient (Wildman–Crippen LogP) is 3.98. The fourth-order valence-electron chi connectivity index (χ4n) is 2.47. The molecule has 1 atom stereocenters. The van der Waals surface area contributed by atoms with Gasteiger partial charge >= 0.3 is 6.09 Å². The number of nitrogens with one attached hydrogen (secondary N) is 1. The first-order valence-electron chi connectivity index (χ1n) is 8.65. The van der Waals surface area contributed by atoms with Crippen LogP contribution in [0.1, 0.15) is 70.5 Å². The number of amides is 1. The van der Waals surface area contributed by atoms with Crippen LogP contribution in [-0.2, 0) is 4.74 Å². The van der Waals surface area contributed by atoms with Gasteiger partial charge < -0.3 is 14.6 Å². The first kappa shape index (κ1) is 17.4. The molecule has 1 saturated carbocycles. The second kappa shape index (κ2) is 6.82. The Balaban J connectivity index is 1.72. The number of hydrogen-bond acceptors (Lipinski definition) is 6. The summed E-state index contributed by atoms with van der Waals surface area (Å²) in [6, 6.07) is 3.48. The molecule has 1 aliphatic rings. The normalized spacial score (nSPS) is 15.7. The van der Waals surface area contributed by atoms with Crippen molar-refractivity contribution in [2.24, 2.45) is 0 Å². The summed E-state index contributed by atoms with van der Waals surface area (Å²) in [6.07, 6.45) is 4.26. The minimum absolute atomic E-state index is 0.369. The van der Waals surface area contributed by atoms with E-state index in [0.29, 0.717) is 24.1 Å². The Kier molecular flexibility index (Phi) is 4.74. The number of carbonyl (C=O) groups excluding carboxylic acids is 1. The summed E-state index contributed by atoms with van der Waals surface area (Å²) in [6.45, 7) is 7.39. The SMILES string of the molecule is CC[C@@H](NC(=O)OC(C)(C)C)c1nc(-c2ccnc(C3CC3)c2)no1. The van der Waals surface area contributed by atoms with Gasteiger partial charge in [0.05, 0.1) is 0 Å². The molecule has 1 fully saturated rings. The van der Waals surface area contributed by atoms with E-state index in [4.69, 9.17) is 9.26 Å². The maximum Gasteiger partial charge on any atom is 0.408 e. The van der Waals surface area contributed by atoms with E-state index >= 15 is 0 Å². The zero-order chi connectivity index (χ0) is 18.0. The highest BCUT2D eigenvalue weighted by Gasteiger charge is 2.26. The molecule has 1 aliphatic carbocycles. The van der Waals surface area contributed by atoms with Crippen molar-refractivity contribution >= 4 is 6.09 Å². The number of aromatic nitrogens is 3. The van der Waals surface area contributed by atoms with Gasteiger partial charge in [-0.3, -0.25) is 4.98 Å². The van der Waals surface area contributed by atoms with E-state index in [0.717, 1.165) is 11.3 Å². The molecule has 7 heteroatoms. The summed E-state index contributed by atoms with van der Waals surface area (Å²) < 4.78 is 10.7. The average Bonchev–Trinajstić information content (AvgIpc) is 3.28. The van der Waals surface area contributed by atoms with E-state index < -0.39 is 11.7 Å². The molecule has 134 valence electrons. The minimum Gasteiger partial charge on any atom is -0.444 e. The largest absolute Gasteiger partial charge is 0.444 e. The first-order chi connectivity index (χ1) is 11.9. The maximum absolute atomic E-state index is 12.0. The van der Waals surface area contributed by atoms with Gasteiger partial charge in [0.15, 0.2) is 0 Å². The van der Waals surface area contributed by atoms with Gasteiger partial charge in [0.25, 0.3) is 0 Å². The van der Waals surface area contributed by atoms with Crippen molar-refractivity contribution in [3.8, 4) is 11.4 Å². The van der Waals surface area contributed by atoms with Gasteiger partial charge in [-0.15, -0.1) is 0 Å². The van der Waals surface area contributed by atoms with Crippen LogP contribution in [0.25, 0.3) is 11.4 Å². The molecule has 2 aromatic heterocycles. The number of alkyl carbamates (subject to hydrolysis) is 1. The summed E-state index contributed by atoms with van der Waals surface area (Å²) in [5, 5.41) is 6.83. The van der Waals surface area contributed by atoms with Gasteiger partial charge in [-0.25, -0.2) is 4.79 Å². The van der Waals surface area contributed by atoms with Crippen LogP contribution >= 0.6 is 0 Å². The molecule has 0 saturated heterocycles. The number of carbonyl (C=O) groups is 1. The molecule has 0 aromatic carbocycles. The van der Waals surface area contributed by atoms with E-state index in [-0.39, 0.29) is 6.04 Å². The van der Waals surface area contributed by atoms with E-state index in [1.807, 2.05) is 39.8 Å². The van der Waals surface area contributed by atoms with E-state index in [1.54, 1.807) is 6.20 Å². The smallest absolute Gasteiger partial charge is 0.408 e. The van der Waals surface area contributed by atoms with Crippen molar-refractivity contribution < 1.29 is 14.1 Å². The lowest BCUT2D eigenvalue weighted by atomic mass is 10.1. The van der Waals surface area contributed by atoms with E-state index in [2.05, 4.69) is 20.4 Å². The Bertz CT molecular complexity index is 747. The second-order valence-electron chi connectivity index (χ2n) is 7.31. The molecular weight excluding hydrogens is 320 g/mol. The third-order valence-corrected chi connectivity index (χ3v) is 3.87. The van der Waals surface area contributed by atoms with Crippen LogP contribution in [0.2, 0.25) is 0 Å². The Morgan fingerprint density at radius 2 is 2.20 bits per heavy atom. The van der Waals surface area contributed by atoms with Crippen molar-refractivity contribution in [1.29, 1.82) is 0 Å². The fourth-order valence-corrected chi connectivity index (χ4v) is 2.47. The third kappa shape index (κ3) is 4.55. The summed E-state index contributed by atoms with van der Waals surface area (Å²) in [4.78, 5) is 20.8. The van der Waals surface area contributed by atoms with E-state index in [9.17, 15) is 4.79 Å². The number of nitrogens with zero attached hydrogens (tertiary/aromatic N) is 3. The van der Waals surface area contributed by atoms with Gasteiger partial charge in [0, 0.05) is 23.4 Å². The second-order valence-corrected chi connectivity index (χ2v) is 7.31. The quantitative estimate of drug-likeness (QED) is 0.882. The zero-order valence-corrected chi connectivity index (χ0v) is 15.1. The molecule has 0 unspecified atom stereocenters. The van der Waals surface area contributed by atoms with Crippen LogP contribution in [0.5, 0.6) is 0 Å². The van der Waals surface area contributed by atoms with Crippen LogP contribution < -0.4 is 5.32 Å². The van der Waals surface area contributed by atoms with Crippen LogP contribution in [0.3, 0.4) is 0 Å². The topological polar surface area (TPSA) is 90.1 Å². The zero-order valence-electron chi connectivity index (χ0n) is 15.1. The molecule has 2 aromatic rings. The first-order valence-corrected chi connectivity index (χ1v) is 8.65.